The molecule has 2 rings (SSSR count). The highest BCUT2D eigenvalue weighted by molar-refractivity contribution is 6.30. The fraction of sp³-hybridized carbons (Fsp3) is 0.143. The number of benzene rings is 1. The fourth-order valence-electron chi connectivity index (χ4n) is 1.58. The molecule has 1 amide bonds. The molecule has 0 saturated carbocycles. The van der Waals surface area contributed by atoms with E-state index in [1.54, 1.807) is 25.1 Å². The number of rotatable bonds is 2. The predicted octanol–water partition coefficient (Wildman–Crippen LogP) is 3.31. The molecule has 5 heteroatoms. The van der Waals surface area contributed by atoms with Gasteiger partial charge in [-0.25, -0.2) is 4.98 Å². The third-order valence-electron chi connectivity index (χ3n) is 2.74. The van der Waals surface area contributed by atoms with E-state index in [4.69, 9.17) is 11.6 Å². The quantitative estimate of drug-likeness (QED) is 0.827. The molecule has 2 N–H and O–H groups in total. The fourth-order valence-corrected chi connectivity index (χ4v) is 1.68. The second-order valence-corrected chi connectivity index (χ2v) is 4.65. The number of anilines is 1. The lowest BCUT2D eigenvalue weighted by Gasteiger charge is -2.07. The van der Waals surface area contributed by atoms with Gasteiger partial charge in [-0.3, -0.25) is 4.79 Å². The molecule has 0 radical (unpaired) electrons. The van der Waals surface area contributed by atoms with Crippen LogP contribution < -0.4 is 5.32 Å². The van der Waals surface area contributed by atoms with Crippen LogP contribution in [0.1, 0.15) is 21.5 Å². The topological polar surface area (TPSA) is 62.2 Å². The third kappa shape index (κ3) is 3.03. The molecule has 0 bridgehead atoms. The lowest BCUT2D eigenvalue weighted by molar-refractivity contribution is 0.102. The van der Waals surface area contributed by atoms with Gasteiger partial charge in [0, 0.05) is 5.56 Å². The summed E-state index contributed by atoms with van der Waals surface area (Å²) in [6.07, 6.45) is 1.49. The standard InChI is InChI=1S/C14H13ClN2O2/c1-8-3-4-10(6-12(8)18)14(19)17-11-5-9(2)13(15)16-7-11/h3-7,18H,1-2H3,(H,17,19). The number of halogens is 1. The minimum absolute atomic E-state index is 0.0954. The van der Waals surface area contributed by atoms with E-state index < -0.39 is 0 Å². The summed E-state index contributed by atoms with van der Waals surface area (Å²) in [6.45, 7) is 3.58. The SMILES string of the molecule is Cc1ccc(C(=O)Nc2cnc(Cl)c(C)c2)cc1O. The first-order valence-corrected chi connectivity index (χ1v) is 6.08. The molecule has 0 fully saturated rings. The molecule has 0 aliphatic carbocycles. The Balaban J connectivity index is 2.20. The largest absolute Gasteiger partial charge is 0.508 e. The Bertz CT molecular complexity index is 641. The molecule has 1 heterocycles. The van der Waals surface area contributed by atoms with Gasteiger partial charge in [-0.2, -0.15) is 0 Å². The average Bonchev–Trinajstić information content (AvgIpc) is 2.37. The van der Waals surface area contributed by atoms with Gasteiger partial charge in [0.25, 0.3) is 5.91 Å². The van der Waals surface area contributed by atoms with Gasteiger partial charge in [0.15, 0.2) is 0 Å². The van der Waals surface area contributed by atoms with Gasteiger partial charge in [0.2, 0.25) is 0 Å². The number of aromatic hydroxyl groups is 1. The van der Waals surface area contributed by atoms with Gasteiger partial charge >= 0.3 is 0 Å². The van der Waals surface area contributed by atoms with E-state index in [1.807, 2.05) is 6.92 Å². The maximum Gasteiger partial charge on any atom is 0.255 e. The van der Waals surface area contributed by atoms with Crippen molar-refractivity contribution in [2.75, 3.05) is 5.32 Å². The van der Waals surface area contributed by atoms with Crippen LogP contribution in [-0.2, 0) is 0 Å². The lowest BCUT2D eigenvalue weighted by atomic mass is 10.1. The molecule has 1 aromatic heterocycles. The number of phenolic OH excluding ortho intramolecular Hbond substituents is 1. The number of hydrogen-bond acceptors (Lipinski definition) is 3. The Kier molecular flexibility index (Phi) is 3.71. The average molecular weight is 277 g/mol. The van der Waals surface area contributed by atoms with Gasteiger partial charge in [0.1, 0.15) is 10.9 Å². The Labute approximate surface area is 116 Å². The zero-order valence-electron chi connectivity index (χ0n) is 10.6. The molecule has 0 aliphatic heterocycles. The van der Waals surface area contributed by atoms with E-state index in [0.29, 0.717) is 16.4 Å². The molecule has 0 saturated heterocycles. The first-order chi connectivity index (χ1) is 8.97. The molecule has 0 unspecified atom stereocenters. The number of phenols is 1. The van der Waals surface area contributed by atoms with Crippen LogP contribution in [0.25, 0.3) is 0 Å². The Morgan fingerprint density at radius 2 is 2.00 bits per heavy atom. The summed E-state index contributed by atoms with van der Waals surface area (Å²) < 4.78 is 0. The normalized spacial score (nSPS) is 10.3. The summed E-state index contributed by atoms with van der Waals surface area (Å²) in [5, 5.41) is 12.7. The first kappa shape index (κ1) is 13.4. The monoisotopic (exact) mass is 276 g/mol. The van der Waals surface area contributed by atoms with Gasteiger partial charge in [0.05, 0.1) is 11.9 Å². The van der Waals surface area contributed by atoms with Crippen molar-refractivity contribution in [3.05, 3.63) is 52.3 Å². The van der Waals surface area contributed by atoms with Crippen molar-refractivity contribution in [2.45, 2.75) is 13.8 Å². The Morgan fingerprint density at radius 1 is 1.26 bits per heavy atom. The predicted molar refractivity (Wildman–Crippen MR) is 74.8 cm³/mol. The zero-order chi connectivity index (χ0) is 14.0. The van der Waals surface area contributed by atoms with E-state index >= 15 is 0 Å². The Morgan fingerprint density at radius 3 is 2.63 bits per heavy atom. The number of aryl methyl sites for hydroxylation is 2. The maximum absolute atomic E-state index is 12.0. The number of carbonyl (C=O) groups is 1. The second-order valence-electron chi connectivity index (χ2n) is 4.29. The van der Waals surface area contributed by atoms with Gasteiger partial charge in [-0.1, -0.05) is 17.7 Å². The smallest absolute Gasteiger partial charge is 0.255 e. The van der Waals surface area contributed by atoms with Gasteiger partial charge < -0.3 is 10.4 Å². The van der Waals surface area contributed by atoms with E-state index in [1.165, 1.54) is 12.3 Å². The number of nitrogens with zero attached hydrogens (tertiary/aromatic N) is 1. The van der Waals surface area contributed by atoms with E-state index in [0.717, 1.165) is 11.1 Å². The van der Waals surface area contributed by atoms with Gasteiger partial charge in [-0.15, -0.1) is 0 Å². The van der Waals surface area contributed by atoms with E-state index in [-0.39, 0.29) is 11.7 Å². The number of hydrogen-bond donors (Lipinski definition) is 2. The van der Waals surface area contributed by atoms with Crippen LogP contribution in [0.4, 0.5) is 5.69 Å². The van der Waals surface area contributed by atoms with Gasteiger partial charge in [-0.05, 0) is 43.2 Å². The van der Waals surface area contributed by atoms with Crippen LogP contribution in [-0.4, -0.2) is 16.0 Å². The van der Waals surface area contributed by atoms with Crippen LogP contribution in [0, 0.1) is 13.8 Å². The molecule has 0 atom stereocenters. The molecule has 98 valence electrons. The van der Waals surface area contributed by atoms with Crippen LogP contribution in [0.2, 0.25) is 5.15 Å². The molecule has 1 aromatic carbocycles. The number of amides is 1. The molecule has 0 spiro atoms. The highest BCUT2D eigenvalue weighted by Gasteiger charge is 2.09. The number of pyridine rings is 1. The van der Waals surface area contributed by atoms with Crippen molar-refractivity contribution >= 4 is 23.2 Å². The summed E-state index contributed by atoms with van der Waals surface area (Å²) in [5.74, 6) is -0.211. The van der Waals surface area contributed by atoms with Crippen molar-refractivity contribution in [3.8, 4) is 5.75 Å². The highest BCUT2D eigenvalue weighted by Crippen LogP contribution is 2.20. The summed E-state index contributed by atoms with van der Waals surface area (Å²) in [5.41, 5.74) is 2.45. The van der Waals surface area contributed by atoms with Crippen molar-refractivity contribution in [2.24, 2.45) is 0 Å². The molecule has 19 heavy (non-hydrogen) atoms. The van der Waals surface area contributed by atoms with Crippen molar-refractivity contribution in [3.63, 3.8) is 0 Å². The van der Waals surface area contributed by atoms with Crippen LogP contribution in [0.15, 0.2) is 30.5 Å². The summed E-state index contributed by atoms with van der Waals surface area (Å²) in [4.78, 5) is 15.9. The van der Waals surface area contributed by atoms with Crippen molar-refractivity contribution < 1.29 is 9.90 Å². The first-order valence-electron chi connectivity index (χ1n) is 5.70. The maximum atomic E-state index is 12.0. The number of carbonyl (C=O) groups excluding carboxylic acids is 1. The molecular formula is C14H13ClN2O2. The number of nitrogens with one attached hydrogen (secondary N) is 1. The molecule has 4 nitrogen and oxygen atoms in total. The van der Waals surface area contributed by atoms with E-state index in [2.05, 4.69) is 10.3 Å². The third-order valence-corrected chi connectivity index (χ3v) is 3.14. The van der Waals surface area contributed by atoms with E-state index in [9.17, 15) is 9.90 Å². The molecule has 0 aliphatic rings. The van der Waals surface area contributed by atoms with Crippen molar-refractivity contribution in [1.82, 2.24) is 4.98 Å². The minimum atomic E-state index is -0.307. The van der Waals surface area contributed by atoms with Crippen molar-refractivity contribution in [1.29, 1.82) is 0 Å². The van der Waals surface area contributed by atoms with Crippen LogP contribution in [0.3, 0.4) is 0 Å². The summed E-state index contributed by atoms with van der Waals surface area (Å²) >= 11 is 5.82. The zero-order valence-corrected chi connectivity index (χ0v) is 11.3. The lowest BCUT2D eigenvalue weighted by Crippen LogP contribution is -2.12. The van der Waals surface area contributed by atoms with Crippen LogP contribution >= 0.6 is 11.6 Å². The minimum Gasteiger partial charge on any atom is -0.508 e. The summed E-state index contributed by atoms with van der Waals surface area (Å²) in [6, 6.07) is 6.51. The summed E-state index contributed by atoms with van der Waals surface area (Å²) in [7, 11) is 0. The second kappa shape index (κ2) is 5.28. The number of aromatic nitrogens is 1. The van der Waals surface area contributed by atoms with Crippen LogP contribution in [0.5, 0.6) is 5.75 Å². The Hall–Kier alpha value is -2.07. The molecule has 2 aromatic rings. The molecular weight excluding hydrogens is 264 g/mol. The highest BCUT2D eigenvalue weighted by atomic mass is 35.5.